The van der Waals surface area contributed by atoms with Gasteiger partial charge in [-0.1, -0.05) is 30.3 Å². The van der Waals surface area contributed by atoms with Crippen molar-refractivity contribution in [1.29, 1.82) is 0 Å². The number of Topliss-reactive ketones (excluding diaryl/α,β-unsaturated/α-hetero) is 1. The van der Waals surface area contributed by atoms with Crippen LogP contribution in [0.25, 0.3) is 0 Å². The Kier molecular flexibility index (Phi) is 6.39. The summed E-state index contributed by atoms with van der Waals surface area (Å²) in [6.07, 6.45) is -0.936. The highest BCUT2D eigenvalue weighted by Gasteiger charge is 2.31. The largest absolute Gasteiger partial charge is 0.493 e. The second kappa shape index (κ2) is 9.14. The van der Waals surface area contributed by atoms with E-state index in [4.69, 9.17) is 4.74 Å². The maximum absolute atomic E-state index is 12.0. The van der Waals surface area contributed by atoms with Crippen LogP contribution in [-0.2, 0) is 16.1 Å². The summed E-state index contributed by atoms with van der Waals surface area (Å²) >= 11 is 0. The van der Waals surface area contributed by atoms with Gasteiger partial charge in [-0.05, 0) is 29.8 Å². The van der Waals surface area contributed by atoms with E-state index >= 15 is 0 Å². The molecule has 1 fully saturated rings. The SMILES string of the molecule is O=C(NCc1ccc(OCCC(=O)N2CC(=O)C(O)C2)cc1)c1ccccc1. The number of aliphatic hydroxyl groups is 1. The normalized spacial score (nSPS) is 16.1. The third-order valence-corrected chi connectivity index (χ3v) is 4.46. The van der Waals surface area contributed by atoms with Gasteiger partial charge >= 0.3 is 0 Å². The Morgan fingerprint density at radius 1 is 1.11 bits per heavy atom. The molecule has 1 aliphatic heterocycles. The molecule has 0 aliphatic carbocycles. The molecule has 2 amide bonds. The molecule has 2 aromatic rings. The number of carbonyl (C=O) groups excluding carboxylic acids is 3. The van der Waals surface area contributed by atoms with Crippen molar-refractivity contribution in [2.75, 3.05) is 19.7 Å². The molecule has 1 atom stereocenters. The van der Waals surface area contributed by atoms with Crippen LogP contribution >= 0.6 is 0 Å². The van der Waals surface area contributed by atoms with E-state index in [1.807, 2.05) is 30.3 Å². The van der Waals surface area contributed by atoms with Crippen molar-refractivity contribution in [1.82, 2.24) is 10.2 Å². The van der Waals surface area contributed by atoms with Crippen LogP contribution in [0.4, 0.5) is 0 Å². The quantitative estimate of drug-likeness (QED) is 0.749. The molecule has 0 bridgehead atoms. The molecule has 28 heavy (non-hydrogen) atoms. The summed E-state index contributed by atoms with van der Waals surface area (Å²) < 4.78 is 5.56. The first-order valence-corrected chi connectivity index (χ1v) is 9.06. The fraction of sp³-hybridized carbons (Fsp3) is 0.286. The second-order valence-corrected chi connectivity index (χ2v) is 6.55. The highest BCUT2D eigenvalue weighted by molar-refractivity contribution is 5.94. The van der Waals surface area contributed by atoms with Crippen molar-refractivity contribution in [3.63, 3.8) is 0 Å². The maximum atomic E-state index is 12.0. The fourth-order valence-electron chi connectivity index (χ4n) is 2.85. The lowest BCUT2D eigenvalue weighted by atomic mass is 10.2. The van der Waals surface area contributed by atoms with E-state index in [1.165, 1.54) is 4.90 Å². The lowest BCUT2D eigenvalue weighted by molar-refractivity contribution is -0.132. The van der Waals surface area contributed by atoms with Gasteiger partial charge in [0.25, 0.3) is 5.91 Å². The van der Waals surface area contributed by atoms with E-state index in [0.29, 0.717) is 17.9 Å². The molecule has 3 rings (SSSR count). The van der Waals surface area contributed by atoms with Crippen LogP contribution in [0.3, 0.4) is 0 Å². The van der Waals surface area contributed by atoms with Crippen molar-refractivity contribution >= 4 is 17.6 Å². The zero-order valence-electron chi connectivity index (χ0n) is 15.3. The molecular weight excluding hydrogens is 360 g/mol. The average Bonchev–Trinajstić information content (AvgIpc) is 3.06. The zero-order valence-corrected chi connectivity index (χ0v) is 15.3. The Bertz CT molecular complexity index is 836. The topological polar surface area (TPSA) is 95.9 Å². The van der Waals surface area contributed by atoms with Gasteiger partial charge in [-0.2, -0.15) is 0 Å². The minimum absolute atomic E-state index is 0.0383. The zero-order chi connectivity index (χ0) is 19.9. The Hall–Kier alpha value is -3.19. The molecule has 2 N–H and O–H groups in total. The van der Waals surface area contributed by atoms with Gasteiger partial charge in [0.15, 0.2) is 5.78 Å². The summed E-state index contributed by atoms with van der Waals surface area (Å²) in [7, 11) is 0. The molecule has 1 saturated heterocycles. The van der Waals surface area contributed by atoms with Crippen LogP contribution in [0.5, 0.6) is 5.75 Å². The number of ketones is 1. The molecule has 7 heteroatoms. The van der Waals surface area contributed by atoms with Crippen LogP contribution in [0, 0.1) is 0 Å². The summed E-state index contributed by atoms with van der Waals surface area (Å²) in [5.74, 6) is -0.0669. The number of ether oxygens (including phenoxy) is 1. The summed E-state index contributed by atoms with van der Waals surface area (Å²) in [5.41, 5.74) is 1.54. The van der Waals surface area contributed by atoms with Crippen LogP contribution in [0.2, 0.25) is 0 Å². The standard InChI is InChI=1S/C21H22N2O5/c24-18-13-23(14-19(18)25)20(26)10-11-28-17-8-6-15(7-9-17)12-22-21(27)16-4-2-1-3-5-16/h1-9,18,24H,10-14H2,(H,22,27). The van der Waals surface area contributed by atoms with Crippen molar-refractivity contribution in [2.24, 2.45) is 0 Å². The first-order chi connectivity index (χ1) is 13.5. The van der Waals surface area contributed by atoms with E-state index in [1.54, 1.807) is 24.3 Å². The molecule has 146 valence electrons. The molecule has 2 aromatic carbocycles. The maximum Gasteiger partial charge on any atom is 0.251 e. The van der Waals surface area contributed by atoms with Gasteiger partial charge < -0.3 is 20.1 Å². The van der Waals surface area contributed by atoms with Crippen LogP contribution < -0.4 is 10.1 Å². The highest BCUT2D eigenvalue weighted by atomic mass is 16.5. The number of β-amino-alcohol motifs (C(OH)–C–C–N with tert-alkyl or cyclic N) is 1. The minimum atomic E-state index is -1.07. The third kappa shape index (κ3) is 5.17. The number of hydrogen-bond donors (Lipinski definition) is 2. The molecule has 0 saturated carbocycles. The Morgan fingerprint density at radius 2 is 1.82 bits per heavy atom. The van der Waals surface area contributed by atoms with Gasteiger partial charge in [0.05, 0.1) is 26.1 Å². The van der Waals surface area contributed by atoms with Gasteiger partial charge in [-0.25, -0.2) is 0 Å². The van der Waals surface area contributed by atoms with Gasteiger partial charge in [0.1, 0.15) is 11.9 Å². The van der Waals surface area contributed by atoms with Crippen molar-refractivity contribution in [2.45, 2.75) is 19.1 Å². The predicted octanol–water partition coefficient (Wildman–Crippen LogP) is 1.16. The van der Waals surface area contributed by atoms with Gasteiger partial charge in [-0.15, -0.1) is 0 Å². The van der Waals surface area contributed by atoms with E-state index < -0.39 is 6.10 Å². The smallest absolute Gasteiger partial charge is 0.251 e. The molecule has 7 nitrogen and oxygen atoms in total. The number of hydrogen-bond acceptors (Lipinski definition) is 5. The second-order valence-electron chi connectivity index (χ2n) is 6.55. The number of carbonyl (C=O) groups is 3. The monoisotopic (exact) mass is 382 g/mol. The van der Waals surface area contributed by atoms with Crippen molar-refractivity contribution in [3.8, 4) is 5.75 Å². The molecule has 1 aliphatic rings. The molecule has 0 radical (unpaired) electrons. The summed E-state index contributed by atoms with van der Waals surface area (Å²) in [4.78, 5) is 36.7. The van der Waals surface area contributed by atoms with Gasteiger partial charge in [0, 0.05) is 12.1 Å². The lowest BCUT2D eigenvalue weighted by Crippen LogP contribution is -2.30. The Balaban J connectivity index is 1.40. The third-order valence-electron chi connectivity index (χ3n) is 4.46. The number of rotatable bonds is 7. The number of amides is 2. The fourth-order valence-corrected chi connectivity index (χ4v) is 2.85. The number of benzene rings is 2. The predicted molar refractivity (Wildman–Crippen MR) is 102 cm³/mol. The lowest BCUT2D eigenvalue weighted by Gasteiger charge is -2.14. The molecular formula is C21H22N2O5. The Morgan fingerprint density at radius 3 is 2.46 bits per heavy atom. The van der Waals surface area contributed by atoms with Crippen LogP contribution in [-0.4, -0.2) is 53.4 Å². The van der Waals surface area contributed by atoms with Crippen molar-refractivity contribution in [3.05, 3.63) is 65.7 Å². The molecule has 0 spiro atoms. The van der Waals surface area contributed by atoms with E-state index in [-0.39, 0.29) is 43.7 Å². The number of aliphatic hydroxyl groups excluding tert-OH is 1. The average molecular weight is 382 g/mol. The minimum Gasteiger partial charge on any atom is -0.493 e. The van der Waals surface area contributed by atoms with Crippen LogP contribution in [0.1, 0.15) is 22.3 Å². The highest BCUT2D eigenvalue weighted by Crippen LogP contribution is 2.13. The summed E-state index contributed by atoms with van der Waals surface area (Å²) in [5, 5.41) is 12.2. The van der Waals surface area contributed by atoms with Crippen molar-refractivity contribution < 1.29 is 24.2 Å². The van der Waals surface area contributed by atoms with Gasteiger partial charge in [0.2, 0.25) is 5.91 Å². The number of nitrogens with one attached hydrogen (secondary N) is 1. The first kappa shape index (κ1) is 19.6. The van der Waals surface area contributed by atoms with E-state index in [9.17, 15) is 19.5 Å². The number of likely N-dealkylation sites (tertiary alicyclic amines) is 1. The molecule has 1 unspecified atom stereocenters. The molecule has 1 heterocycles. The molecule has 0 aromatic heterocycles. The van der Waals surface area contributed by atoms with E-state index in [0.717, 1.165) is 5.56 Å². The summed E-state index contributed by atoms with van der Waals surface area (Å²) in [6.45, 7) is 0.603. The first-order valence-electron chi connectivity index (χ1n) is 9.06. The number of nitrogens with zero attached hydrogens (tertiary/aromatic N) is 1. The van der Waals surface area contributed by atoms with Gasteiger partial charge in [-0.3, -0.25) is 14.4 Å². The van der Waals surface area contributed by atoms with E-state index in [2.05, 4.69) is 5.32 Å². The summed E-state index contributed by atoms with van der Waals surface area (Å²) in [6, 6.07) is 16.2. The van der Waals surface area contributed by atoms with Crippen LogP contribution in [0.15, 0.2) is 54.6 Å². The Labute approximate surface area is 162 Å².